The van der Waals surface area contributed by atoms with Crippen LogP contribution in [0.15, 0.2) is 67.0 Å². The predicted molar refractivity (Wildman–Crippen MR) is 142 cm³/mol. The van der Waals surface area contributed by atoms with Crippen molar-refractivity contribution in [3.63, 3.8) is 0 Å². The molecule has 2 aromatic heterocycles. The Morgan fingerprint density at radius 2 is 1.39 bits per heavy atom. The number of thiophene rings is 1. The quantitative estimate of drug-likeness (QED) is 0.348. The van der Waals surface area contributed by atoms with Gasteiger partial charge >= 0.3 is 0 Å². The molecule has 0 N–H and O–H groups in total. The third-order valence-electron chi connectivity index (χ3n) is 6.69. The molecule has 4 nitrogen and oxygen atoms in total. The van der Waals surface area contributed by atoms with Gasteiger partial charge in [-0.05, 0) is 36.0 Å². The number of benzene rings is 2. The zero-order valence-electron chi connectivity index (χ0n) is 18.4. The summed E-state index contributed by atoms with van der Waals surface area (Å²) in [5.74, 6) is 1.15. The van der Waals surface area contributed by atoms with Crippen LogP contribution in [0.5, 0.6) is 0 Å². The molecule has 6 rings (SSSR count). The van der Waals surface area contributed by atoms with Crippen LogP contribution >= 0.6 is 36.2 Å². The number of rotatable bonds is 4. The third-order valence-corrected chi connectivity index (χ3v) is 7.89. The van der Waals surface area contributed by atoms with E-state index in [0.29, 0.717) is 6.04 Å². The molecule has 1 saturated heterocycles. The molecule has 0 saturated carbocycles. The molecule has 33 heavy (non-hydrogen) atoms. The van der Waals surface area contributed by atoms with Gasteiger partial charge in [-0.1, -0.05) is 60.7 Å². The smallest absolute Gasteiger partial charge is 0.141 e. The molecular weight excluding hydrogens is 471 g/mol. The first-order chi connectivity index (χ1) is 15.4. The molecule has 0 unspecified atom stereocenters. The van der Waals surface area contributed by atoms with Gasteiger partial charge < -0.3 is 4.90 Å². The van der Waals surface area contributed by atoms with Gasteiger partial charge in [0.15, 0.2) is 0 Å². The lowest BCUT2D eigenvalue weighted by molar-refractivity contribution is 0.212. The molecule has 2 aliphatic rings. The highest BCUT2D eigenvalue weighted by Crippen LogP contribution is 2.40. The van der Waals surface area contributed by atoms with Gasteiger partial charge in [0, 0.05) is 31.1 Å². The minimum absolute atomic E-state index is 0. The summed E-state index contributed by atoms with van der Waals surface area (Å²) in [6.45, 7) is 4.03. The number of anilines is 1. The number of halogens is 2. The normalized spacial score (nSPS) is 15.8. The van der Waals surface area contributed by atoms with Crippen molar-refractivity contribution in [2.75, 3.05) is 31.1 Å². The van der Waals surface area contributed by atoms with E-state index in [4.69, 9.17) is 4.98 Å². The standard InChI is InChI=1S/C26H26N4S.2ClH/c1-3-8-19(9-4-1)24(20-10-5-2-6-11-20)29-14-16-30(17-15-29)25-23-21-12-7-13-22(21)31-26(23)28-18-27-25;;/h1-6,8-11,18,24H,7,12-17H2;2*1H. The zero-order valence-corrected chi connectivity index (χ0v) is 20.8. The van der Waals surface area contributed by atoms with E-state index in [2.05, 4.69) is 75.4 Å². The average Bonchev–Trinajstić information content (AvgIpc) is 3.42. The Labute approximate surface area is 211 Å². The maximum atomic E-state index is 4.77. The molecule has 2 aromatic carbocycles. The average molecular weight is 500 g/mol. The van der Waals surface area contributed by atoms with Gasteiger partial charge in [-0.15, -0.1) is 36.2 Å². The molecule has 1 aliphatic heterocycles. The molecule has 3 heterocycles. The van der Waals surface area contributed by atoms with Gasteiger partial charge in [-0.25, -0.2) is 9.97 Å². The Morgan fingerprint density at radius 1 is 0.758 bits per heavy atom. The minimum Gasteiger partial charge on any atom is -0.353 e. The van der Waals surface area contributed by atoms with Gasteiger partial charge in [0.1, 0.15) is 17.0 Å². The number of aryl methyl sites for hydroxylation is 2. The maximum Gasteiger partial charge on any atom is 0.141 e. The lowest BCUT2D eigenvalue weighted by Crippen LogP contribution is -2.48. The first-order valence-corrected chi connectivity index (χ1v) is 12.0. The van der Waals surface area contributed by atoms with Crippen LogP contribution in [0.3, 0.4) is 0 Å². The number of aromatic nitrogens is 2. The molecule has 0 amide bonds. The molecule has 0 atom stereocenters. The fraction of sp³-hybridized carbons (Fsp3) is 0.308. The summed E-state index contributed by atoms with van der Waals surface area (Å²) in [4.78, 5) is 17.2. The molecule has 0 spiro atoms. The van der Waals surface area contributed by atoms with Crippen molar-refractivity contribution in [2.45, 2.75) is 25.3 Å². The van der Waals surface area contributed by atoms with Crippen LogP contribution in [0.1, 0.15) is 34.0 Å². The maximum absolute atomic E-state index is 4.77. The van der Waals surface area contributed by atoms with Crippen LogP contribution < -0.4 is 4.90 Å². The van der Waals surface area contributed by atoms with E-state index in [-0.39, 0.29) is 24.8 Å². The predicted octanol–water partition coefficient (Wildman–Crippen LogP) is 5.94. The van der Waals surface area contributed by atoms with Crippen LogP contribution in [0.2, 0.25) is 0 Å². The second-order valence-electron chi connectivity index (χ2n) is 8.48. The summed E-state index contributed by atoms with van der Waals surface area (Å²) >= 11 is 1.88. The third kappa shape index (κ3) is 4.47. The van der Waals surface area contributed by atoms with E-state index in [1.165, 1.54) is 51.0 Å². The summed E-state index contributed by atoms with van der Waals surface area (Å²) in [5.41, 5.74) is 4.24. The van der Waals surface area contributed by atoms with Crippen molar-refractivity contribution >= 4 is 52.2 Å². The lowest BCUT2D eigenvalue weighted by atomic mass is 9.96. The lowest BCUT2D eigenvalue weighted by Gasteiger charge is -2.40. The van der Waals surface area contributed by atoms with E-state index in [0.717, 1.165) is 32.0 Å². The highest BCUT2D eigenvalue weighted by Gasteiger charge is 2.29. The van der Waals surface area contributed by atoms with Crippen molar-refractivity contribution in [1.29, 1.82) is 0 Å². The molecule has 7 heteroatoms. The Balaban J connectivity index is 0.00000130. The Bertz CT molecular complexity index is 1150. The summed E-state index contributed by atoms with van der Waals surface area (Å²) in [6, 6.07) is 22.1. The summed E-state index contributed by atoms with van der Waals surface area (Å²) in [5, 5.41) is 1.33. The van der Waals surface area contributed by atoms with Crippen LogP contribution in [0.4, 0.5) is 5.82 Å². The first kappa shape index (κ1) is 24.0. The van der Waals surface area contributed by atoms with Crippen molar-refractivity contribution in [1.82, 2.24) is 14.9 Å². The van der Waals surface area contributed by atoms with Gasteiger partial charge in [0.2, 0.25) is 0 Å². The molecule has 4 aromatic rings. The topological polar surface area (TPSA) is 32.3 Å². The fourth-order valence-electron chi connectivity index (χ4n) is 5.23. The molecule has 172 valence electrons. The summed E-state index contributed by atoms with van der Waals surface area (Å²) in [6.07, 6.45) is 5.42. The monoisotopic (exact) mass is 498 g/mol. The van der Waals surface area contributed by atoms with Crippen molar-refractivity contribution < 1.29 is 0 Å². The summed E-state index contributed by atoms with van der Waals surface area (Å²) in [7, 11) is 0. The van der Waals surface area contributed by atoms with Crippen LogP contribution in [0, 0.1) is 0 Å². The van der Waals surface area contributed by atoms with Crippen LogP contribution in [-0.2, 0) is 12.8 Å². The summed E-state index contributed by atoms with van der Waals surface area (Å²) < 4.78 is 0. The van der Waals surface area contributed by atoms with Crippen molar-refractivity contribution in [3.05, 3.63) is 88.6 Å². The highest BCUT2D eigenvalue weighted by molar-refractivity contribution is 7.19. The molecular formula is C26H28Cl2N4S. The van der Waals surface area contributed by atoms with Gasteiger partial charge in [0.05, 0.1) is 11.4 Å². The second kappa shape index (κ2) is 10.4. The van der Waals surface area contributed by atoms with Crippen LogP contribution in [0.25, 0.3) is 10.2 Å². The Kier molecular flexibility index (Phi) is 7.55. The van der Waals surface area contributed by atoms with Gasteiger partial charge in [0.25, 0.3) is 0 Å². The molecule has 1 aliphatic carbocycles. The van der Waals surface area contributed by atoms with Gasteiger partial charge in [-0.2, -0.15) is 0 Å². The Morgan fingerprint density at radius 3 is 2.03 bits per heavy atom. The number of piperazine rings is 1. The van der Waals surface area contributed by atoms with E-state index in [1.807, 2.05) is 11.3 Å². The zero-order chi connectivity index (χ0) is 20.6. The Hall–Kier alpha value is -2.18. The molecule has 0 radical (unpaired) electrons. The van der Waals surface area contributed by atoms with E-state index in [1.54, 1.807) is 6.33 Å². The largest absolute Gasteiger partial charge is 0.353 e. The molecule has 0 bridgehead atoms. The minimum atomic E-state index is 0. The number of nitrogens with zero attached hydrogens (tertiary/aromatic N) is 4. The van der Waals surface area contributed by atoms with Gasteiger partial charge in [-0.3, -0.25) is 4.90 Å². The highest BCUT2D eigenvalue weighted by atomic mass is 35.5. The number of fused-ring (bicyclic) bond motifs is 3. The second-order valence-corrected chi connectivity index (χ2v) is 9.57. The van der Waals surface area contributed by atoms with Crippen molar-refractivity contribution in [2.24, 2.45) is 0 Å². The van der Waals surface area contributed by atoms with E-state index >= 15 is 0 Å². The van der Waals surface area contributed by atoms with Crippen molar-refractivity contribution in [3.8, 4) is 0 Å². The van der Waals surface area contributed by atoms with Crippen LogP contribution in [-0.4, -0.2) is 41.0 Å². The fourth-order valence-corrected chi connectivity index (χ4v) is 6.45. The van der Waals surface area contributed by atoms with E-state index in [9.17, 15) is 0 Å². The SMILES string of the molecule is Cl.Cl.c1ccc(C(c2ccccc2)N2CCN(c3ncnc4sc5c(c34)CCC5)CC2)cc1. The first-order valence-electron chi connectivity index (χ1n) is 11.2. The van der Waals surface area contributed by atoms with E-state index < -0.39 is 0 Å². The molecule has 1 fully saturated rings. The number of hydrogen-bond donors (Lipinski definition) is 0. The number of hydrogen-bond acceptors (Lipinski definition) is 5.